The van der Waals surface area contributed by atoms with Gasteiger partial charge in [0.05, 0.1) is 6.54 Å². The Kier molecular flexibility index (Phi) is 3.36. The van der Waals surface area contributed by atoms with Gasteiger partial charge in [-0.25, -0.2) is 9.69 Å². The number of β-amino-alcohol motifs (C(OH)–C–C–N with tert-alkyl or cyclic N) is 1. The number of rotatable bonds is 3. The quantitative estimate of drug-likeness (QED) is 0.845. The predicted molar refractivity (Wildman–Crippen MR) is 70.9 cm³/mol. The van der Waals surface area contributed by atoms with E-state index in [2.05, 4.69) is 11.7 Å². The van der Waals surface area contributed by atoms with Crippen molar-refractivity contribution in [2.45, 2.75) is 32.4 Å². The van der Waals surface area contributed by atoms with Gasteiger partial charge in [0.1, 0.15) is 5.76 Å². The zero-order chi connectivity index (χ0) is 14.2. The van der Waals surface area contributed by atoms with Crippen LogP contribution in [0.15, 0.2) is 23.2 Å². The van der Waals surface area contributed by atoms with E-state index in [4.69, 9.17) is 4.52 Å². The van der Waals surface area contributed by atoms with Crippen molar-refractivity contribution in [2.24, 2.45) is 0 Å². The summed E-state index contributed by atoms with van der Waals surface area (Å²) in [6.45, 7) is 10.2. The molecule has 2 amide bonds. The van der Waals surface area contributed by atoms with Crippen LogP contribution in [0.4, 0.5) is 10.6 Å². The van der Waals surface area contributed by atoms with Gasteiger partial charge in [0.2, 0.25) is 0 Å². The summed E-state index contributed by atoms with van der Waals surface area (Å²) in [6, 6.07) is 1.40. The molecular weight excluding hydrogens is 246 g/mol. The van der Waals surface area contributed by atoms with E-state index < -0.39 is 6.23 Å². The maximum atomic E-state index is 12.1. The smallest absolute Gasteiger partial charge is 0.328 e. The maximum absolute atomic E-state index is 12.1. The number of anilines is 1. The molecule has 0 aliphatic carbocycles. The lowest BCUT2D eigenvalue weighted by Crippen LogP contribution is -2.35. The van der Waals surface area contributed by atoms with Crippen LogP contribution in [0.3, 0.4) is 0 Å². The molecule has 19 heavy (non-hydrogen) atoms. The van der Waals surface area contributed by atoms with Crippen molar-refractivity contribution >= 4 is 11.8 Å². The minimum Gasteiger partial charge on any atom is -0.371 e. The molecule has 1 fully saturated rings. The van der Waals surface area contributed by atoms with Crippen molar-refractivity contribution in [2.75, 3.05) is 18.0 Å². The zero-order valence-corrected chi connectivity index (χ0v) is 11.5. The lowest BCUT2D eigenvalue weighted by Gasteiger charge is -2.16. The maximum Gasteiger partial charge on any atom is 0.328 e. The van der Waals surface area contributed by atoms with Crippen LogP contribution in [-0.2, 0) is 5.41 Å². The Morgan fingerprint density at radius 2 is 2.32 bits per heavy atom. The fourth-order valence-corrected chi connectivity index (χ4v) is 1.93. The number of aliphatic hydroxyl groups is 1. The van der Waals surface area contributed by atoms with Crippen LogP contribution in [0.5, 0.6) is 0 Å². The second-order valence-electron chi connectivity index (χ2n) is 5.63. The highest BCUT2D eigenvalue weighted by molar-refractivity contribution is 5.93. The third kappa shape index (κ3) is 2.49. The predicted octanol–water partition coefficient (Wildman–Crippen LogP) is 1.72. The van der Waals surface area contributed by atoms with Crippen molar-refractivity contribution in [3.63, 3.8) is 0 Å². The summed E-state index contributed by atoms with van der Waals surface area (Å²) in [5, 5.41) is 13.8. The van der Waals surface area contributed by atoms with E-state index in [1.54, 1.807) is 12.1 Å². The summed E-state index contributed by atoms with van der Waals surface area (Å²) in [5.41, 5.74) is -0.195. The monoisotopic (exact) mass is 265 g/mol. The van der Waals surface area contributed by atoms with Crippen molar-refractivity contribution in [3.05, 3.63) is 24.5 Å². The summed E-state index contributed by atoms with van der Waals surface area (Å²) in [7, 11) is 0. The number of carbonyl (C=O) groups excluding carboxylic acids is 1. The van der Waals surface area contributed by atoms with E-state index in [1.165, 1.54) is 9.80 Å². The number of aromatic nitrogens is 1. The highest BCUT2D eigenvalue weighted by Gasteiger charge is 2.38. The number of hydrogen-bond acceptors (Lipinski definition) is 4. The van der Waals surface area contributed by atoms with Crippen LogP contribution in [0.2, 0.25) is 0 Å². The van der Waals surface area contributed by atoms with E-state index in [1.807, 2.05) is 20.8 Å². The average molecular weight is 265 g/mol. The van der Waals surface area contributed by atoms with Gasteiger partial charge >= 0.3 is 6.03 Å². The SMILES string of the molecule is C=CCN1CC(O)N(c2cc(C(C)(C)C)on2)C1=O. The summed E-state index contributed by atoms with van der Waals surface area (Å²) in [6.07, 6.45) is 0.711. The topological polar surface area (TPSA) is 69.8 Å². The Morgan fingerprint density at radius 3 is 2.84 bits per heavy atom. The first-order valence-corrected chi connectivity index (χ1v) is 6.19. The standard InChI is InChI=1S/C13H19N3O3/c1-5-6-15-8-11(17)16(12(15)18)10-7-9(19-14-10)13(2,3)4/h5,7,11,17H,1,6,8H2,2-4H3. The molecule has 1 N–H and O–H groups in total. The number of carbonyl (C=O) groups is 1. The molecule has 1 aliphatic rings. The summed E-state index contributed by atoms with van der Waals surface area (Å²) in [5.74, 6) is 1.01. The molecule has 0 spiro atoms. The third-order valence-corrected chi connectivity index (χ3v) is 2.99. The molecule has 104 valence electrons. The largest absolute Gasteiger partial charge is 0.371 e. The molecule has 1 aliphatic heterocycles. The highest BCUT2D eigenvalue weighted by Crippen LogP contribution is 2.29. The second-order valence-corrected chi connectivity index (χ2v) is 5.63. The number of urea groups is 1. The fourth-order valence-electron chi connectivity index (χ4n) is 1.93. The average Bonchev–Trinajstić information content (AvgIpc) is 2.85. The Bertz CT molecular complexity index is 490. The van der Waals surface area contributed by atoms with Crippen molar-refractivity contribution in [1.82, 2.24) is 10.1 Å². The van der Waals surface area contributed by atoms with Crippen molar-refractivity contribution < 1.29 is 14.4 Å². The molecule has 2 rings (SSSR count). The molecule has 0 radical (unpaired) electrons. The molecule has 0 bridgehead atoms. The van der Waals surface area contributed by atoms with Gasteiger partial charge in [-0.3, -0.25) is 0 Å². The van der Waals surface area contributed by atoms with E-state index in [9.17, 15) is 9.90 Å². The molecule has 1 aromatic heterocycles. The lowest BCUT2D eigenvalue weighted by atomic mass is 9.93. The van der Waals surface area contributed by atoms with Crippen molar-refractivity contribution in [3.8, 4) is 0 Å². The Hall–Kier alpha value is -1.82. The number of amides is 2. The third-order valence-electron chi connectivity index (χ3n) is 2.99. The van der Waals surface area contributed by atoms with E-state index in [0.29, 0.717) is 18.1 Å². The van der Waals surface area contributed by atoms with Gasteiger partial charge in [-0.15, -0.1) is 6.58 Å². The minimum atomic E-state index is -0.912. The van der Waals surface area contributed by atoms with Gasteiger partial charge in [0, 0.05) is 18.0 Å². The van der Waals surface area contributed by atoms with Gasteiger partial charge in [-0.05, 0) is 0 Å². The summed E-state index contributed by atoms with van der Waals surface area (Å²) in [4.78, 5) is 14.9. The summed E-state index contributed by atoms with van der Waals surface area (Å²) >= 11 is 0. The molecule has 1 aromatic rings. The van der Waals surface area contributed by atoms with Crippen LogP contribution in [0.1, 0.15) is 26.5 Å². The normalized spacial score (nSPS) is 20.2. The molecular formula is C13H19N3O3. The minimum absolute atomic E-state index is 0.195. The molecule has 6 nitrogen and oxygen atoms in total. The molecule has 1 unspecified atom stereocenters. The van der Waals surface area contributed by atoms with E-state index in [0.717, 1.165) is 0 Å². The number of aliphatic hydroxyl groups excluding tert-OH is 1. The lowest BCUT2D eigenvalue weighted by molar-refractivity contribution is 0.179. The highest BCUT2D eigenvalue weighted by atomic mass is 16.5. The molecule has 1 atom stereocenters. The first kappa shape index (κ1) is 13.6. The van der Waals surface area contributed by atoms with E-state index >= 15 is 0 Å². The Labute approximate surface area is 112 Å². The zero-order valence-electron chi connectivity index (χ0n) is 11.5. The van der Waals surface area contributed by atoms with Gasteiger partial charge in [0.25, 0.3) is 0 Å². The van der Waals surface area contributed by atoms with Gasteiger partial charge < -0.3 is 14.5 Å². The Morgan fingerprint density at radius 1 is 1.63 bits per heavy atom. The van der Waals surface area contributed by atoms with Crippen LogP contribution in [-0.4, -0.2) is 40.5 Å². The van der Waals surface area contributed by atoms with Crippen molar-refractivity contribution in [1.29, 1.82) is 0 Å². The first-order valence-electron chi connectivity index (χ1n) is 6.19. The molecule has 0 aromatic carbocycles. The second kappa shape index (κ2) is 4.70. The Balaban J connectivity index is 2.24. The molecule has 2 heterocycles. The van der Waals surface area contributed by atoms with E-state index in [-0.39, 0.29) is 18.0 Å². The summed E-state index contributed by atoms with van der Waals surface area (Å²) < 4.78 is 5.24. The molecule has 1 saturated heterocycles. The van der Waals surface area contributed by atoms with Crippen LogP contribution in [0.25, 0.3) is 0 Å². The van der Waals surface area contributed by atoms with Gasteiger partial charge in [0.15, 0.2) is 12.0 Å². The van der Waals surface area contributed by atoms with Crippen LogP contribution >= 0.6 is 0 Å². The van der Waals surface area contributed by atoms with Crippen LogP contribution < -0.4 is 4.90 Å². The van der Waals surface area contributed by atoms with Crippen LogP contribution in [0, 0.1) is 0 Å². The molecule has 0 saturated carbocycles. The fraction of sp³-hybridized carbons (Fsp3) is 0.538. The van der Waals surface area contributed by atoms with Gasteiger partial charge in [-0.1, -0.05) is 32.0 Å². The molecule has 6 heteroatoms. The first-order chi connectivity index (χ1) is 8.84. The van der Waals surface area contributed by atoms with Gasteiger partial charge in [-0.2, -0.15) is 0 Å². The number of nitrogens with zero attached hydrogens (tertiary/aromatic N) is 3. The number of hydrogen-bond donors (Lipinski definition) is 1.